The van der Waals surface area contributed by atoms with Gasteiger partial charge in [0.2, 0.25) is 5.91 Å². The topological polar surface area (TPSA) is 55.1 Å². The van der Waals surface area contributed by atoms with Crippen molar-refractivity contribution < 1.29 is 9.18 Å². The summed E-state index contributed by atoms with van der Waals surface area (Å²) in [5.74, 6) is -0.383. The van der Waals surface area contributed by atoms with Crippen molar-refractivity contribution in [1.29, 1.82) is 0 Å². The number of amides is 1. The highest BCUT2D eigenvalue weighted by Gasteiger charge is 2.35. The number of hydrogen-bond acceptors (Lipinski definition) is 2. The van der Waals surface area contributed by atoms with Crippen LogP contribution in [0, 0.1) is 5.82 Å². The zero-order chi connectivity index (χ0) is 15.5. The maximum atomic E-state index is 13.6. The van der Waals surface area contributed by atoms with E-state index in [0.717, 1.165) is 31.2 Å². The summed E-state index contributed by atoms with van der Waals surface area (Å²) in [5, 5.41) is 2.96. The number of rotatable bonds is 4. The van der Waals surface area contributed by atoms with Gasteiger partial charge in [0.05, 0.1) is 5.54 Å². The van der Waals surface area contributed by atoms with Crippen LogP contribution >= 0.6 is 0 Å². The van der Waals surface area contributed by atoms with Gasteiger partial charge in [0, 0.05) is 12.0 Å². The molecular weight excluding hydrogens is 267 g/mol. The van der Waals surface area contributed by atoms with E-state index in [9.17, 15) is 9.18 Å². The van der Waals surface area contributed by atoms with Gasteiger partial charge in [-0.2, -0.15) is 0 Å². The highest BCUT2D eigenvalue weighted by molar-refractivity contribution is 5.85. The minimum atomic E-state index is -0.891. The Kier molecular flexibility index (Phi) is 4.67. The highest BCUT2D eigenvalue weighted by atomic mass is 19.1. The zero-order valence-corrected chi connectivity index (χ0v) is 12.9. The minimum Gasteiger partial charge on any atom is -0.354 e. The van der Waals surface area contributed by atoms with Crippen LogP contribution in [0.5, 0.6) is 0 Å². The fourth-order valence-corrected chi connectivity index (χ4v) is 3.09. The van der Waals surface area contributed by atoms with Crippen LogP contribution in [0.15, 0.2) is 24.3 Å². The Morgan fingerprint density at radius 3 is 2.57 bits per heavy atom. The summed E-state index contributed by atoms with van der Waals surface area (Å²) in [4.78, 5) is 12.0. The second-order valence-electron chi connectivity index (χ2n) is 6.76. The van der Waals surface area contributed by atoms with Crippen molar-refractivity contribution >= 4 is 5.91 Å². The average Bonchev–Trinajstić information content (AvgIpc) is 2.45. The predicted molar refractivity (Wildman–Crippen MR) is 82.4 cm³/mol. The molecule has 1 amide bonds. The standard InChI is InChI=1S/C17H25FN2O/c1-16(2,19)15(21)20-12-17(9-4-3-5-10-17)13-7-6-8-14(18)11-13/h6-8,11H,3-5,9-10,12,19H2,1-2H3,(H,20,21). The summed E-state index contributed by atoms with van der Waals surface area (Å²) < 4.78 is 13.6. The molecule has 4 heteroatoms. The van der Waals surface area contributed by atoms with Gasteiger partial charge in [-0.1, -0.05) is 31.4 Å². The molecule has 1 aromatic carbocycles. The lowest BCUT2D eigenvalue weighted by Crippen LogP contribution is -2.52. The van der Waals surface area contributed by atoms with Gasteiger partial charge in [-0.15, -0.1) is 0 Å². The normalized spacial score (nSPS) is 18.3. The minimum absolute atomic E-state index is 0.163. The predicted octanol–water partition coefficient (Wildman–Crippen LogP) is 2.88. The molecule has 21 heavy (non-hydrogen) atoms. The van der Waals surface area contributed by atoms with Crippen LogP contribution in [0.4, 0.5) is 4.39 Å². The molecule has 3 nitrogen and oxygen atoms in total. The average molecular weight is 292 g/mol. The second kappa shape index (κ2) is 6.14. The molecular formula is C17H25FN2O. The van der Waals surface area contributed by atoms with E-state index in [2.05, 4.69) is 5.32 Å². The molecule has 0 saturated heterocycles. The van der Waals surface area contributed by atoms with E-state index in [-0.39, 0.29) is 17.1 Å². The van der Waals surface area contributed by atoms with E-state index < -0.39 is 5.54 Å². The Hall–Kier alpha value is -1.42. The molecule has 0 heterocycles. The smallest absolute Gasteiger partial charge is 0.239 e. The van der Waals surface area contributed by atoms with Crippen LogP contribution in [0.3, 0.4) is 0 Å². The lowest BCUT2D eigenvalue weighted by atomic mass is 9.69. The number of carbonyl (C=O) groups is 1. The van der Waals surface area contributed by atoms with Crippen molar-refractivity contribution in [3.8, 4) is 0 Å². The van der Waals surface area contributed by atoms with Crippen molar-refractivity contribution in [2.24, 2.45) is 5.73 Å². The van der Waals surface area contributed by atoms with E-state index in [0.29, 0.717) is 6.54 Å². The Morgan fingerprint density at radius 2 is 2.00 bits per heavy atom. The molecule has 0 aliphatic heterocycles. The number of nitrogens with one attached hydrogen (secondary N) is 1. The van der Waals surface area contributed by atoms with Crippen molar-refractivity contribution in [2.45, 2.75) is 56.9 Å². The Morgan fingerprint density at radius 1 is 1.33 bits per heavy atom. The van der Waals surface area contributed by atoms with Crippen LogP contribution < -0.4 is 11.1 Å². The molecule has 1 saturated carbocycles. The van der Waals surface area contributed by atoms with Crippen LogP contribution in [0.2, 0.25) is 0 Å². The molecule has 1 aromatic rings. The summed E-state index contributed by atoms with van der Waals surface area (Å²) in [5.41, 5.74) is 5.76. The van der Waals surface area contributed by atoms with E-state index >= 15 is 0 Å². The van der Waals surface area contributed by atoms with Crippen LogP contribution in [-0.4, -0.2) is 18.0 Å². The van der Waals surface area contributed by atoms with Crippen LogP contribution in [-0.2, 0) is 10.2 Å². The van der Waals surface area contributed by atoms with Crippen molar-refractivity contribution in [2.75, 3.05) is 6.54 Å². The van der Waals surface area contributed by atoms with Gasteiger partial charge >= 0.3 is 0 Å². The maximum Gasteiger partial charge on any atom is 0.239 e. The Balaban J connectivity index is 2.20. The summed E-state index contributed by atoms with van der Waals surface area (Å²) in [7, 11) is 0. The molecule has 1 aliphatic carbocycles. The van der Waals surface area contributed by atoms with Gasteiger partial charge in [0.1, 0.15) is 5.82 Å². The van der Waals surface area contributed by atoms with Gasteiger partial charge in [0.25, 0.3) is 0 Å². The maximum absolute atomic E-state index is 13.6. The molecule has 116 valence electrons. The molecule has 0 spiro atoms. The summed E-state index contributed by atoms with van der Waals surface area (Å²) >= 11 is 0. The molecule has 1 fully saturated rings. The van der Waals surface area contributed by atoms with Gasteiger partial charge in [0.15, 0.2) is 0 Å². The fraction of sp³-hybridized carbons (Fsp3) is 0.588. The molecule has 3 N–H and O–H groups in total. The molecule has 0 bridgehead atoms. The first-order chi connectivity index (χ1) is 9.83. The Labute approximate surface area is 126 Å². The highest BCUT2D eigenvalue weighted by Crippen LogP contribution is 2.39. The molecule has 2 rings (SSSR count). The number of halogens is 1. The quantitative estimate of drug-likeness (QED) is 0.896. The van der Waals surface area contributed by atoms with Gasteiger partial charge in [-0.3, -0.25) is 4.79 Å². The third-order valence-corrected chi connectivity index (χ3v) is 4.42. The summed E-state index contributed by atoms with van der Waals surface area (Å²) in [6, 6.07) is 6.77. The number of benzene rings is 1. The number of carbonyl (C=O) groups excluding carboxylic acids is 1. The Bertz CT molecular complexity index is 502. The van der Waals surface area contributed by atoms with Crippen LogP contribution in [0.25, 0.3) is 0 Å². The third kappa shape index (κ3) is 3.82. The summed E-state index contributed by atoms with van der Waals surface area (Å²) in [6.07, 6.45) is 5.37. The first kappa shape index (κ1) is 16.0. The van der Waals surface area contributed by atoms with Crippen molar-refractivity contribution in [3.05, 3.63) is 35.6 Å². The fourth-order valence-electron chi connectivity index (χ4n) is 3.09. The van der Waals surface area contributed by atoms with E-state index in [1.54, 1.807) is 26.0 Å². The van der Waals surface area contributed by atoms with E-state index in [4.69, 9.17) is 5.73 Å². The molecule has 0 radical (unpaired) electrons. The summed E-state index contributed by atoms with van der Waals surface area (Å²) in [6.45, 7) is 3.91. The molecule has 0 aromatic heterocycles. The van der Waals surface area contributed by atoms with Crippen molar-refractivity contribution in [1.82, 2.24) is 5.32 Å². The number of hydrogen-bond donors (Lipinski definition) is 2. The lowest BCUT2D eigenvalue weighted by molar-refractivity contribution is -0.125. The molecule has 1 aliphatic rings. The van der Waals surface area contributed by atoms with Gasteiger partial charge in [-0.25, -0.2) is 4.39 Å². The largest absolute Gasteiger partial charge is 0.354 e. The number of nitrogens with two attached hydrogens (primary N) is 1. The van der Waals surface area contributed by atoms with Crippen molar-refractivity contribution in [3.63, 3.8) is 0 Å². The van der Waals surface area contributed by atoms with E-state index in [1.165, 1.54) is 12.5 Å². The first-order valence-corrected chi connectivity index (χ1v) is 7.67. The van der Waals surface area contributed by atoms with Gasteiger partial charge in [-0.05, 0) is 44.4 Å². The van der Waals surface area contributed by atoms with Crippen LogP contribution in [0.1, 0.15) is 51.5 Å². The monoisotopic (exact) mass is 292 g/mol. The lowest BCUT2D eigenvalue weighted by Gasteiger charge is -2.38. The SMILES string of the molecule is CC(C)(N)C(=O)NCC1(c2cccc(F)c2)CCCCC1. The zero-order valence-electron chi connectivity index (χ0n) is 12.9. The third-order valence-electron chi connectivity index (χ3n) is 4.42. The molecule has 0 atom stereocenters. The molecule has 0 unspecified atom stereocenters. The van der Waals surface area contributed by atoms with Gasteiger partial charge < -0.3 is 11.1 Å². The first-order valence-electron chi connectivity index (χ1n) is 7.67. The second-order valence-corrected chi connectivity index (χ2v) is 6.76. The van der Waals surface area contributed by atoms with E-state index in [1.807, 2.05) is 6.07 Å².